The highest BCUT2D eigenvalue weighted by molar-refractivity contribution is 6.12. The number of benzene rings is 8. The Labute approximate surface area is 343 Å². The molecule has 0 bridgehead atoms. The largest absolute Gasteiger partial charge is 0.416 e. The lowest BCUT2D eigenvalue weighted by Gasteiger charge is -2.20. The van der Waals surface area contributed by atoms with Crippen LogP contribution in [0.2, 0.25) is 0 Å². The SMILES string of the molecule is Cc1ccccc1-c1ccc2c3ccccc3n(-c3cc(-c4cc(C#N)cc(C(F)(F)F)c4)c(-n4c5ccccc5c5ccc(-c6ccccc6C)cc54)cc3C#N)c2c1. The molecular weight excluding hydrogens is 750 g/mol. The summed E-state index contributed by atoms with van der Waals surface area (Å²) in [5.41, 5.74) is 10.5. The summed E-state index contributed by atoms with van der Waals surface area (Å²) < 4.78 is 48.0. The zero-order chi connectivity index (χ0) is 41.3. The van der Waals surface area contributed by atoms with Gasteiger partial charge in [0.2, 0.25) is 0 Å². The van der Waals surface area contributed by atoms with Gasteiger partial charge in [0.1, 0.15) is 6.07 Å². The van der Waals surface area contributed by atoms with Crippen LogP contribution in [-0.4, -0.2) is 9.13 Å². The van der Waals surface area contributed by atoms with Crippen LogP contribution in [0.1, 0.15) is 27.8 Å². The van der Waals surface area contributed by atoms with Gasteiger partial charge >= 0.3 is 6.18 Å². The van der Waals surface area contributed by atoms with E-state index in [-0.39, 0.29) is 11.1 Å². The third-order valence-electron chi connectivity index (χ3n) is 11.7. The smallest absolute Gasteiger partial charge is 0.309 e. The minimum absolute atomic E-state index is 0.125. The predicted octanol–water partition coefficient (Wildman–Crippen LogP) is 14.3. The molecule has 0 N–H and O–H groups in total. The van der Waals surface area contributed by atoms with Crippen molar-refractivity contribution in [2.75, 3.05) is 0 Å². The number of rotatable bonds is 5. The molecule has 60 heavy (non-hydrogen) atoms. The molecule has 0 aliphatic heterocycles. The van der Waals surface area contributed by atoms with Gasteiger partial charge < -0.3 is 9.13 Å². The number of fused-ring (bicyclic) bond motifs is 6. The van der Waals surface area contributed by atoms with Crippen molar-refractivity contribution in [1.82, 2.24) is 9.13 Å². The molecule has 0 saturated carbocycles. The number of nitrogens with zero attached hydrogens (tertiary/aromatic N) is 4. The summed E-state index contributed by atoms with van der Waals surface area (Å²) in [5.74, 6) is 0. The average molecular weight is 783 g/mol. The molecule has 0 spiro atoms. The molecule has 0 unspecified atom stereocenters. The molecule has 2 aromatic heterocycles. The summed E-state index contributed by atoms with van der Waals surface area (Å²) in [7, 11) is 0. The molecule has 0 fully saturated rings. The van der Waals surface area contributed by atoms with Crippen LogP contribution in [0.25, 0.3) is 88.4 Å². The van der Waals surface area contributed by atoms with Gasteiger partial charge in [-0.2, -0.15) is 23.7 Å². The fraction of sp³-hybridized carbons (Fsp3) is 0.0566. The van der Waals surface area contributed by atoms with Crippen LogP contribution < -0.4 is 0 Å². The van der Waals surface area contributed by atoms with E-state index in [0.717, 1.165) is 89.1 Å². The van der Waals surface area contributed by atoms with Crippen LogP contribution in [0.3, 0.4) is 0 Å². The zero-order valence-electron chi connectivity index (χ0n) is 32.5. The van der Waals surface area contributed by atoms with E-state index in [2.05, 4.69) is 80.6 Å². The summed E-state index contributed by atoms with van der Waals surface area (Å²) in [4.78, 5) is 0. The third-order valence-corrected chi connectivity index (χ3v) is 11.7. The highest BCUT2D eigenvalue weighted by atomic mass is 19.4. The van der Waals surface area contributed by atoms with E-state index >= 15 is 0 Å². The van der Waals surface area contributed by atoms with E-state index in [0.29, 0.717) is 22.5 Å². The summed E-state index contributed by atoms with van der Waals surface area (Å²) >= 11 is 0. The Morgan fingerprint density at radius 1 is 0.433 bits per heavy atom. The quantitative estimate of drug-likeness (QED) is 0.175. The molecule has 10 aromatic rings. The van der Waals surface area contributed by atoms with Crippen molar-refractivity contribution in [1.29, 1.82) is 10.5 Å². The first-order valence-electron chi connectivity index (χ1n) is 19.5. The Balaban J connectivity index is 1.35. The standard InChI is InChI=1S/C53H33F3N4/c1-32-11-3-5-13-40(32)35-19-21-44-42-15-7-9-17-47(42)59(50(44)26-35)49-29-46(37-23-34(30-57)24-39(25-37)53(54,55)56)52(28-38(49)31-58)60-48-18-10-8-16-43(48)45-22-20-36(27-51(45)60)41-14-6-4-12-33(41)2/h3-29H,1-2H3. The molecular formula is C53H33F3N4. The van der Waals surface area contributed by atoms with E-state index in [1.165, 1.54) is 6.07 Å². The highest BCUT2D eigenvalue weighted by Crippen LogP contribution is 2.44. The number of aromatic nitrogens is 2. The van der Waals surface area contributed by atoms with Crippen molar-refractivity contribution < 1.29 is 13.2 Å². The monoisotopic (exact) mass is 782 g/mol. The van der Waals surface area contributed by atoms with E-state index in [9.17, 15) is 23.7 Å². The van der Waals surface area contributed by atoms with E-state index in [1.807, 2.05) is 94.1 Å². The first kappa shape index (κ1) is 36.5. The lowest BCUT2D eigenvalue weighted by molar-refractivity contribution is -0.137. The zero-order valence-corrected chi connectivity index (χ0v) is 32.5. The van der Waals surface area contributed by atoms with Gasteiger partial charge in [0.25, 0.3) is 0 Å². The number of hydrogen-bond acceptors (Lipinski definition) is 2. The van der Waals surface area contributed by atoms with Gasteiger partial charge in [0.05, 0.1) is 56.2 Å². The van der Waals surface area contributed by atoms with Gasteiger partial charge in [-0.3, -0.25) is 0 Å². The van der Waals surface area contributed by atoms with Crippen LogP contribution in [0.4, 0.5) is 13.2 Å². The maximum absolute atomic E-state index is 14.6. The van der Waals surface area contributed by atoms with Crippen molar-refractivity contribution >= 4 is 43.6 Å². The first-order chi connectivity index (χ1) is 29.1. The van der Waals surface area contributed by atoms with Crippen LogP contribution in [0.15, 0.2) is 164 Å². The molecule has 0 aliphatic rings. The third kappa shape index (κ3) is 5.82. The lowest BCUT2D eigenvalue weighted by atomic mass is 9.95. The fourth-order valence-electron chi connectivity index (χ4n) is 8.87. The predicted molar refractivity (Wildman–Crippen MR) is 235 cm³/mol. The molecule has 4 nitrogen and oxygen atoms in total. The second-order valence-corrected chi connectivity index (χ2v) is 15.2. The molecule has 0 atom stereocenters. The van der Waals surface area contributed by atoms with E-state index in [1.54, 1.807) is 6.07 Å². The number of nitriles is 2. The minimum atomic E-state index is -4.72. The lowest BCUT2D eigenvalue weighted by Crippen LogP contribution is -2.07. The second-order valence-electron chi connectivity index (χ2n) is 15.2. The molecule has 10 rings (SSSR count). The van der Waals surface area contributed by atoms with Crippen molar-refractivity contribution in [2.45, 2.75) is 20.0 Å². The first-order valence-corrected chi connectivity index (χ1v) is 19.5. The average Bonchev–Trinajstić information content (AvgIpc) is 3.77. The summed E-state index contributed by atoms with van der Waals surface area (Å²) in [6, 6.07) is 56.3. The minimum Gasteiger partial charge on any atom is -0.309 e. The van der Waals surface area contributed by atoms with Gasteiger partial charge in [0.15, 0.2) is 0 Å². The maximum Gasteiger partial charge on any atom is 0.416 e. The molecule has 0 aliphatic carbocycles. The van der Waals surface area contributed by atoms with Crippen molar-refractivity contribution in [2.24, 2.45) is 0 Å². The summed E-state index contributed by atoms with van der Waals surface area (Å²) in [5, 5.41) is 25.1. The van der Waals surface area contributed by atoms with Gasteiger partial charge in [0, 0.05) is 27.1 Å². The molecule has 0 amide bonds. The Kier molecular flexibility index (Phi) is 8.45. The van der Waals surface area contributed by atoms with Crippen LogP contribution in [0.5, 0.6) is 0 Å². The summed E-state index contributed by atoms with van der Waals surface area (Å²) in [6.45, 7) is 4.13. The molecule has 0 saturated heterocycles. The van der Waals surface area contributed by atoms with E-state index < -0.39 is 11.7 Å². The normalized spacial score (nSPS) is 11.7. The number of alkyl halides is 3. The maximum atomic E-state index is 14.6. The van der Waals surface area contributed by atoms with Gasteiger partial charge in [-0.25, -0.2) is 0 Å². The van der Waals surface area contributed by atoms with Crippen LogP contribution in [0, 0.1) is 36.5 Å². The molecule has 2 heterocycles. The molecule has 0 radical (unpaired) electrons. The fourth-order valence-corrected chi connectivity index (χ4v) is 8.87. The number of halogens is 3. The Morgan fingerprint density at radius 2 is 0.933 bits per heavy atom. The molecule has 7 heteroatoms. The summed E-state index contributed by atoms with van der Waals surface area (Å²) in [6.07, 6.45) is -4.72. The van der Waals surface area contributed by atoms with Gasteiger partial charge in [-0.1, -0.05) is 109 Å². The number of aryl methyl sites for hydroxylation is 2. The van der Waals surface area contributed by atoms with Crippen LogP contribution in [-0.2, 0) is 6.18 Å². The molecule has 8 aromatic carbocycles. The Morgan fingerprint density at radius 3 is 1.45 bits per heavy atom. The number of para-hydroxylation sites is 2. The number of hydrogen-bond donors (Lipinski definition) is 0. The van der Waals surface area contributed by atoms with Gasteiger partial charge in [-0.15, -0.1) is 0 Å². The van der Waals surface area contributed by atoms with Crippen molar-refractivity contribution in [3.8, 4) is 56.9 Å². The van der Waals surface area contributed by atoms with E-state index in [4.69, 9.17) is 0 Å². The second kappa shape index (κ2) is 13.9. The Bertz CT molecular complexity index is 3480. The molecule has 286 valence electrons. The van der Waals surface area contributed by atoms with Crippen LogP contribution >= 0.6 is 0 Å². The topological polar surface area (TPSA) is 57.4 Å². The Hall–Kier alpha value is -7.87. The highest BCUT2D eigenvalue weighted by Gasteiger charge is 2.32. The van der Waals surface area contributed by atoms with Crippen molar-refractivity contribution in [3.05, 3.63) is 192 Å². The van der Waals surface area contributed by atoms with Crippen molar-refractivity contribution in [3.63, 3.8) is 0 Å². The van der Waals surface area contributed by atoms with Gasteiger partial charge in [-0.05, 0) is 107 Å².